The summed E-state index contributed by atoms with van der Waals surface area (Å²) < 4.78 is 7.25. The topological polar surface area (TPSA) is 52.8 Å². The van der Waals surface area contributed by atoms with Crippen molar-refractivity contribution < 1.29 is 4.74 Å². The third-order valence-corrected chi connectivity index (χ3v) is 4.07. The minimum Gasteiger partial charge on any atom is -0.479 e. The highest BCUT2D eigenvalue weighted by Gasteiger charge is 2.15. The Balaban J connectivity index is 1.99. The van der Waals surface area contributed by atoms with E-state index in [0.29, 0.717) is 17.3 Å². The standard InChI is InChI=1S/C13H13ClN4OS/c1-19-13-11-12(15-8-16-13)18(10(6-14)17-11)4-2-9-3-5-20-7-9/h3,5,7-8H,2,4,6H2,1H3. The molecule has 3 rings (SSSR count). The molecule has 0 aliphatic heterocycles. The predicted molar refractivity (Wildman–Crippen MR) is 79.5 cm³/mol. The first-order valence-electron chi connectivity index (χ1n) is 6.14. The summed E-state index contributed by atoms with van der Waals surface area (Å²) in [7, 11) is 1.58. The van der Waals surface area contributed by atoms with Gasteiger partial charge in [-0.3, -0.25) is 0 Å². The van der Waals surface area contributed by atoms with Crippen molar-refractivity contribution >= 4 is 34.1 Å². The Morgan fingerprint density at radius 1 is 1.40 bits per heavy atom. The van der Waals surface area contributed by atoms with Crippen LogP contribution >= 0.6 is 22.9 Å². The van der Waals surface area contributed by atoms with Crippen LogP contribution in [0.5, 0.6) is 5.88 Å². The van der Waals surface area contributed by atoms with Gasteiger partial charge in [0.25, 0.3) is 0 Å². The molecule has 0 fully saturated rings. The van der Waals surface area contributed by atoms with E-state index >= 15 is 0 Å². The molecule has 0 saturated heterocycles. The summed E-state index contributed by atoms with van der Waals surface area (Å²) in [5.74, 6) is 1.61. The Kier molecular flexibility index (Phi) is 3.84. The van der Waals surface area contributed by atoms with E-state index < -0.39 is 0 Å². The number of nitrogens with zero attached hydrogens (tertiary/aromatic N) is 4. The van der Waals surface area contributed by atoms with Gasteiger partial charge in [-0.25, -0.2) is 9.97 Å². The van der Waals surface area contributed by atoms with Crippen LogP contribution in [0, 0.1) is 0 Å². The minimum absolute atomic E-state index is 0.336. The lowest BCUT2D eigenvalue weighted by molar-refractivity contribution is 0.401. The van der Waals surface area contributed by atoms with Gasteiger partial charge in [0.1, 0.15) is 12.2 Å². The first-order valence-corrected chi connectivity index (χ1v) is 7.62. The second kappa shape index (κ2) is 5.76. The monoisotopic (exact) mass is 308 g/mol. The van der Waals surface area contributed by atoms with Crippen LogP contribution in [0.2, 0.25) is 0 Å². The van der Waals surface area contributed by atoms with Crippen molar-refractivity contribution in [3.8, 4) is 5.88 Å². The van der Waals surface area contributed by atoms with E-state index in [1.54, 1.807) is 18.4 Å². The van der Waals surface area contributed by atoms with Crippen molar-refractivity contribution in [3.63, 3.8) is 0 Å². The van der Waals surface area contributed by atoms with Gasteiger partial charge in [0, 0.05) is 6.54 Å². The Morgan fingerprint density at radius 2 is 2.30 bits per heavy atom. The second-order valence-corrected chi connectivity index (χ2v) is 5.30. The largest absolute Gasteiger partial charge is 0.479 e. The van der Waals surface area contributed by atoms with Crippen molar-refractivity contribution in [2.75, 3.05) is 7.11 Å². The van der Waals surface area contributed by atoms with Gasteiger partial charge in [-0.1, -0.05) is 0 Å². The fourth-order valence-corrected chi connectivity index (χ4v) is 3.03. The third kappa shape index (κ3) is 2.36. The van der Waals surface area contributed by atoms with Gasteiger partial charge in [0.2, 0.25) is 5.88 Å². The summed E-state index contributed by atoms with van der Waals surface area (Å²) in [4.78, 5) is 12.9. The maximum atomic E-state index is 5.99. The Labute approximate surface area is 125 Å². The summed E-state index contributed by atoms with van der Waals surface area (Å²) in [5.41, 5.74) is 2.73. The number of imidazole rings is 1. The molecule has 0 aliphatic carbocycles. The number of aryl methyl sites for hydroxylation is 2. The number of methoxy groups -OCH3 is 1. The summed E-state index contributed by atoms with van der Waals surface area (Å²) in [6, 6.07) is 2.12. The fraction of sp³-hybridized carbons (Fsp3) is 0.308. The van der Waals surface area contributed by atoms with Gasteiger partial charge in [0.05, 0.1) is 13.0 Å². The lowest BCUT2D eigenvalue weighted by atomic mass is 10.2. The number of hydrogen-bond donors (Lipinski definition) is 0. The number of aromatic nitrogens is 4. The highest BCUT2D eigenvalue weighted by molar-refractivity contribution is 7.07. The zero-order chi connectivity index (χ0) is 13.9. The summed E-state index contributed by atoms with van der Waals surface area (Å²) in [6.07, 6.45) is 2.41. The second-order valence-electron chi connectivity index (χ2n) is 4.25. The molecule has 0 unspecified atom stereocenters. The minimum atomic E-state index is 0.336. The molecule has 0 radical (unpaired) electrons. The molecule has 20 heavy (non-hydrogen) atoms. The number of rotatable bonds is 5. The van der Waals surface area contributed by atoms with Crippen LogP contribution in [-0.2, 0) is 18.8 Å². The molecule has 0 atom stereocenters. The number of ether oxygens (including phenoxy) is 1. The molecule has 7 heteroatoms. The molecule has 0 N–H and O–H groups in total. The van der Waals surface area contributed by atoms with Gasteiger partial charge >= 0.3 is 0 Å². The van der Waals surface area contributed by atoms with E-state index in [0.717, 1.165) is 24.4 Å². The SMILES string of the molecule is COc1ncnc2c1nc(CCl)n2CCc1ccsc1. The molecule has 0 bridgehead atoms. The van der Waals surface area contributed by atoms with Crippen molar-refractivity contribution in [2.45, 2.75) is 18.8 Å². The van der Waals surface area contributed by atoms with Crippen LogP contribution in [-0.4, -0.2) is 26.6 Å². The van der Waals surface area contributed by atoms with Gasteiger partial charge in [-0.15, -0.1) is 11.6 Å². The molecule has 3 heterocycles. The van der Waals surface area contributed by atoms with Crippen molar-refractivity contribution in [1.82, 2.24) is 19.5 Å². The van der Waals surface area contributed by atoms with Crippen LogP contribution in [0.15, 0.2) is 23.2 Å². The molecule has 104 valence electrons. The van der Waals surface area contributed by atoms with Crippen LogP contribution < -0.4 is 4.74 Å². The quantitative estimate of drug-likeness (QED) is 0.680. The van der Waals surface area contributed by atoms with Crippen LogP contribution in [0.3, 0.4) is 0 Å². The number of halogens is 1. The van der Waals surface area contributed by atoms with Crippen LogP contribution in [0.4, 0.5) is 0 Å². The summed E-state index contributed by atoms with van der Waals surface area (Å²) in [6.45, 7) is 0.787. The summed E-state index contributed by atoms with van der Waals surface area (Å²) in [5, 5.41) is 4.23. The molecule has 0 saturated carbocycles. The zero-order valence-electron chi connectivity index (χ0n) is 10.9. The smallest absolute Gasteiger partial charge is 0.245 e. The molecule has 0 spiro atoms. The fourth-order valence-electron chi connectivity index (χ4n) is 2.12. The van der Waals surface area contributed by atoms with Crippen molar-refractivity contribution in [2.24, 2.45) is 0 Å². The molecule has 5 nitrogen and oxygen atoms in total. The van der Waals surface area contributed by atoms with Crippen LogP contribution in [0.1, 0.15) is 11.4 Å². The van der Waals surface area contributed by atoms with E-state index in [4.69, 9.17) is 16.3 Å². The highest BCUT2D eigenvalue weighted by atomic mass is 35.5. The highest BCUT2D eigenvalue weighted by Crippen LogP contribution is 2.23. The van der Waals surface area contributed by atoms with E-state index in [-0.39, 0.29) is 0 Å². The Bertz CT molecular complexity index is 711. The van der Waals surface area contributed by atoms with E-state index in [2.05, 4.69) is 31.8 Å². The van der Waals surface area contributed by atoms with Crippen LogP contribution in [0.25, 0.3) is 11.2 Å². The maximum absolute atomic E-state index is 5.99. The van der Waals surface area contributed by atoms with Gasteiger partial charge in [-0.05, 0) is 28.8 Å². The molecule has 3 aromatic heterocycles. The van der Waals surface area contributed by atoms with E-state index in [9.17, 15) is 0 Å². The number of hydrogen-bond acceptors (Lipinski definition) is 5. The number of fused-ring (bicyclic) bond motifs is 1. The zero-order valence-corrected chi connectivity index (χ0v) is 12.5. The van der Waals surface area contributed by atoms with E-state index in [1.807, 2.05) is 4.57 Å². The van der Waals surface area contributed by atoms with Gasteiger partial charge in [0.15, 0.2) is 11.2 Å². The Hall–Kier alpha value is -1.66. The van der Waals surface area contributed by atoms with Gasteiger partial charge < -0.3 is 9.30 Å². The first kappa shape index (κ1) is 13.3. The maximum Gasteiger partial charge on any atom is 0.245 e. The number of thiophene rings is 1. The normalized spacial score (nSPS) is 11.1. The average Bonchev–Trinajstić information content (AvgIpc) is 3.11. The van der Waals surface area contributed by atoms with E-state index in [1.165, 1.54) is 11.9 Å². The summed E-state index contributed by atoms with van der Waals surface area (Å²) >= 11 is 7.69. The van der Waals surface area contributed by atoms with Gasteiger partial charge in [-0.2, -0.15) is 16.3 Å². The van der Waals surface area contributed by atoms with Crippen molar-refractivity contribution in [1.29, 1.82) is 0 Å². The number of alkyl halides is 1. The average molecular weight is 309 g/mol. The molecule has 0 aromatic carbocycles. The Morgan fingerprint density at radius 3 is 3.00 bits per heavy atom. The molecule has 0 aliphatic rings. The van der Waals surface area contributed by atoms with Crippen molar-refractivity contribution in [3.05, 3.63) is 34.5 Å². The predicted octanol–water partition coefficient (Wildman–Crippen LogP) is 2.88. The molecular formula is C13H13ClN4OS. The lowest BCUT2D eigenvalue weighted by Crippen LogP contribution is -2.05. The molecule has 0 amide bonds. The lowest BCUT2D eigenvalue weighted by Gasteiger charge is -2.06. The third-order valence-electron chi connectivity index (χ3n) is 3.09. The first-order chi connectivity index (χ1) is 9.83. The molecule has 3 aromatic rings. The molecular weight excluding hydrogens is 296 g/mol.